The largest absolute Gasteiger partial charge is 0.385 e. The van der Waals surface area contributed by atoms with Crippen molar-refractivity contribution in [2.24, 2.45) is 0 Å². The number of ketones is 1. The van der Waals surface area contributed by atoms with Gasteiger partial charge in [0.1, 0.15) is 5.78 Å². The topological polar surface area (TPSA) is 69.6 Å². The first-order valence-electron chi connectivity index (χ1n) is 7.40. The van der Waals surface area contributed by atoms with E-state index >= 15 is 0 Å². The molecule has 2 aliphatic rings. The summed E-state index contributed by atoms with van der Waals surface area (Å²) >= 11 is 0. The molecule has 1 aromatic rings. The summed E-state index contributed by atoms with van der Waals surface area (Å²) in [6.45, 7) is 1.34. The van der Waals surface area contributed by atoms with Crippen molar-refractivity contribution in [3.8, 4) is 0 Å². The molecule has 0 aromatic heterocycles. The lowest BCUT2D eigenvalue weighted by atomic mass is 9.84. The molecule has 1 unspecified atom stereocenters. The van der Waals surface area contributed by atoms with E-state index < -0.39 is 5.60 Å². The third-order valence-corrected chi connectivity index (χ3v) is 4.49. The summed E-state index contributed by atoms with van der Waals surface area (Å²) in [5, 5.41) is 13.7. The first-order valence-corrected chi connectivity index (χ1v) is 7.40. The van der Waals surface area contributed by atoms with Gasteiger partial charge >= 0.3 is 0 Å². The van der Waals surface area contributed by atoms with Crippen LogP contribution in [0.3, 0.4) is 0 Å². The Bertz CT molecular complexity index is 536. The van der Waals surface area contributed by atoms with Crippen molar-refractivity contribution in [3.63, 3.8) is 0 Å². The number of nitrogens with zero attached hydrogens (tertiary/aromatic N) is 1. The van der Waals surface area contributed by atoms with Crippen LogP contribution in [0.2, 0.25) is 0 Å². The number of rotatable bonds is 2. The SMILES string of the molecule is O=C1CNC(C(=O)N2CCC(O)(c3ccccc3)CC2)C1. The minimum absolute atomic E-state index is 0.0176. The Kier molecular flexibility index (Phi) is 3.78. The van der Waals surface area contributed by atoms with Crippen LogP contribution in [0.4, 0.5) is 0 Å². The number of Topliss-reactive ketones (excluding diaryl/α,β-unsaturated/α-hetero) is 1. The van der Waals surface area contributed by atoms with E-state index in [0.29, 0.717) is 25.9 Å². The minimum atomic E-state index is -0.850. The summed E-state index contributed by atoms with van der Waals surface area (Å²) in [7, 11) is 0. The van der Waals surface area contributed by atoms with Crippen LogP contribution in [0.15, 0.2) is 30.3 Å². The predicted molar refractivity (Wildman–Crippen MR) is 77.6 cm³/mol. The first kappa shape index (κ1) is 14.2. The lowest BCUT2D eigenvalue weighted by Gasteiger charge is -2.39. The van der Waals surface area contributed by atoms with Crippen molar-refractivity contribution in [2.45, 2.75) is 30.9 Å². The van der Waals surface area contributed by atoms with Crippen LogP contribution < -0.4 is 5.32 Å². The molecule has 2 saturated heterocycles. The summed E-state index contributed by atoms with van der Waals surface area (Å²) < 4.78 is 0. The molecule has 2 fully saturated rings. The zero-order valence-electron chi connectivity index (χ0n) is 11.9. The monoisotopic (exact) mass is 288 g/mol. The van der Waals surface area contributed by atoms with Gasteiger partial charge < -0.3 is 10.0 Å². The number of amides is 1. The van der Waals surface area contributed by atoms with Gasteiger partial charge in [-0.2, -0.15) is 0 Å². The van der Waals surface area contributed by atoms with Gasteiger partial charge in [0.25, 0.3) is 0 Å². The maximum Gasteiger partial charge on any atom is 0.240 e. The average Bonchev–Trinajstić information content (AvgIpc) is 2.95. The minimum Gasteiger partial charge on any atom is -0.385 e. The van der Waals surface area contributed by atoms with Gasteiger partial charge in [-0.25, -0.2) is 0 Å². The molecule has 2 N–H and O–H groups in total. The summed E-state index contributed by atoms with van der Waals surface area (Å²) in [4.78, 5) is 25.3. The molecular formula is C16H20N2O3. The lowest BCUT2D eigenvalue weighted by molar-refractivity contribution is -0.138. The molecular weight excluding hydrogens is 268 g/mol. The fourth-order valence-electron chi connectivity index (χ4n) is 3.14. The number of carbonyl (C=O) groups excluding carboxylic acids is 2. The van der Waals surface area contributed by atoms with Gasteiger partial charge in [0.2, 0.25) is 5.91 Å². The molecule has 0 aliphatic carbocycles. The Morgan fingerprint density at radius 2 is 1.90 bits per heavy atom. The number of benzene rings is 1. The molecule has 3 rings (SSSR count). The van der Waals surface area contributed by atoms with Gasteiger partial charge in [0, 0.05) is 19.5 Å². The van der Waals surface area contributed by atoms with Crippen molar-refractivity contribution in [2.75, 3.05) is 19.6 Å². The third kappa shape index (κ3) is 2.84. The highest BCUT2D eigenvalue weighted by Gasteiger charge is 2.38. The van der Waals surface area contributed by atoms with Crippen LogP contribution in [0, 0.1) is 0 Å². The van der Waals surface area contributed by atoms with Crippen LogP contribution in [0.25, 0.3) is 0 Å². The van der Waals surface area contributed by atoms with E-state index in [1.54, 1.807) is 4.90 Å². The van der Waals surface area contributed by atoms with Gasteiger partial charge in [-0.3, -0.25) is 14.9 Å². The summed E-state index contributed by atoms with van der Waals surface area (Å²) in [6, 6.07) is 9.23. The zero-order valence-corrected chi connectivity index (χ0v) is 11.9. The highest BCUT2D eigenvalue weighted by molar-refractivity contribution is 5.93. The Morgan fingerprint density at radius 1 is 1.24 bits per heavy atom. The molecule has 112 valence electrons. The quantitative estimate of drug-likeness (QED) is 0.828. The van der Waals surface area contributed by atoms with E-state index in [1.807, 2.05) is 30.3 Å². The number of hydrogen-bond acceptors (Lipinski definition) is 4. The first-order chi connectivity index (χ1) is 10.1. The van der Waals surface area contributed by atoms with E-state index in [9.17, 15) is 14.7 Å². The second kappa shape index (κ2) is 5.58. The Balaban J connectivity index is 1.62. The van der Waals surface area contributed by atoms with Gasteiger partial charge in [0.15, 0.2) is 0 Å². The lowest BCUT2D eigenvalue weighted by Crippen LogP contribution is -2.50. The Hall–Kier alpha value is -1.72. The van der Waals surface area contributed by atoms with Crippen molar-refractivity contribution in [3.05, 3.63) is 35.9 Å². The molecule has 0 saturated carbocycles. The number of likely N-dealkylation sites (tertiary alicyclic amines) is 1. The van der Waals surface area contributed by atoms with Crippen molar-refractivity contribution in [1.82, 2.24) is 10.2 Å². The molecule has 0 bridgehead atoms. The summed E-state index contributed by atoms with van der Waals surface area (Å²) in [6.07, 6.45) is 1.35. The molecule has 5 nitrogen and oxygen atoms in total. The van der Waals surface area contributed by atoms with Gasteiger partial charge in [-0.1, -0.05) is 30.3 Å². The smallest absolute Gasteiger partial charge is 0.240 e. The molecule has 1 atom stereocenters. The van der Waals surface area contributed by atoms with Gasteiger partial charge in [0.05, 0.1) is 18.2 Å². The van der Waals surface area contributed by atoms with Crippen LogP contribution in [0.1, 0.15) is 24.8 Å². The standard InChI is InChI=1S/C16H20N2O3/c19-13-10-14(17-11-13)15(20)18-8-6-16(21,7-9-18)12-4-2-1-3-5-12/h1-5,14,17,21H,6-11H2. The van der Waals surface area contributed by atoms with Crippen LogP contribution >= 0.6 is 0 Å². The molecule has 5 heteroatoms. The van der Waals surface area contributed by atoms with Crippen molar-refractivity contribution < 1.29 is 14.7 Å². The van der Waals surface area contributed by atoms with E-state index in [4.69, 9.17) is 0 Å². The number of aliphatic hydroxyl groups is 1. The second-order valence-corrected chi connectivity index (χ2v) is 5.90. The molecule has 0 radical (unpaired) electrons. The highest BCUT2D eigenvalue weighted by Crippen LogP contribution is 2.32. The highest BCUT2D eigenvalue weighted by atomic mass is 16.3. The normalized spacial score (nSPS) is 25.1. The molecule has 2 heterocycles. The van der Waals surface area contributed by atoms with Crippen molar-refractivity contribution >= 4 is 11.7 Å². The third-order valence-electron chi connectivity index (χ3n) is 4.49. The van der Waals surface area contributed by atoms with E-state index in [0.717, 1.165) is 5.56 Å². The average molecular weight is 288 g/mol. The fourth-order valence-corrected chi connectivity index (χ4v) is 3.14. The maximum absolute atomic E-state index is 12.3. The van der Waals surface area contributed by atoms with E-state index in [-0.39, 0.29) is 30.7 Å². The number of piperidine rings is 1. The van der Waals surface area contributed by atoms with E-state index in [2.05, 4.69) is 5.32 Å². The molecule has 1 amide bonds. The van der Waals surface area contributed by atoms with Crippen LogP contribution in [-0.2, 0) is 15.2 Å². The maximum atomic E-state index is 12.3. The summed E-state index contributed by atoms with van der Waals surface area (Å²) in [5.41, 5.74) is 0.0583. The number of hydrogen-bond donors (Lipinski definition) is 2. The zero-order chi connectivity index (χ0) is 14.9. The fraction of sp³-hybridized carbons (Fsp3) is 0.500. The second-order valence-electron chi connectivity index (χ2n) is 5.90. The van der Waals surface area contributed by atoms with Crippen LogP contribution in [-0.4, -0.2) is 47.4 Å². The van der Waals surface area contributed by atoms with Crippen LogP contribution in [0.5, 0.6) is 0 Å². The molecule has 21 heavy (non-hydrogen) atoms. The number of carbonyl (C=O) groups is 2. The molecule has 0 spiro atoms. The Morgan fingerprint density at radius 3 is 2.48 bits per heavy atom. The Labute approximate surface area is 123 Å². The van der Waals surface area contributed by atoms with Gasteiger partial charge in [-0.15, -0.1) is 0 Å². The predicted octanol–water partition coefficient (Wildman–Crippen LogP) is 0.428. The van der Waals surface area contributed by atoms with Crippen molar-refractivity contribution in [1.29, 1.82) is 0 Å². The number of nitrogens with one attached hydrogen (secondary N) is 1. The van der Waals surface area contributed by atoms with Gasteiger partial charge in [-0.05, 0) is 18.4 Å². The van der Waals surface area contributed by atoms with E-state index in [1.165, 1.54) is 0 Å². The summed E-state index contributed by atoms with van der Waals surface area (Å²) in [5.74, 6) is 0.0714. The molecule has 1 aromatic carbocycles. The molecule has 2 aliphatic heterocycles.